The summed E-state index contributed by atoms with van der Waals surface area (Å²) in [6, 6.07) is 3.82. The number of aliphatic hydroxyl groups excluding tert-OH is 3. The second-order valence-electron chi connectivity index (χ2n) is 4.15. The molecule has 0 aliphatic carbocycles. The Kier molecular flexibility index (Phi) is 6.44. The molecule has 106 valence electrons. The van der Waals surface area contributed by atoms with Crippen LogP contribution < -0.4 is 0 Å². The van der Waals surface area contributed by atoms with Gasteiger partial charge in [-0.05, 0) is 24.1 Å². The van der Waals surface area contributed by atoms with Gasteiger partial charge in [-0.15, -0.1) is 0 Å². The summed E-state index contributed by atoms with van der Waals surface area (Å²) in [4.78, 5) is 10.7. The Morgan fingerprint density at radius 2 is 2.11 bits per heavy atom. The number of hydrogen-bond acceptors (Lipinski definition) is 5. The topological polar surface area (TPSA) is 77.8 Å². The zero-order chi connectivity index (χ0) is 14.4. The summed E-state index contributed by atoms with van der Waals surface area (Å²) >= 11 is 1.07. The molecule has 4 nitrogen and oxygen atoms in total. The minimum absolute atomic E-state index is 0.0500. The van der Waals surface area contributed by atoms with Crippen LogP contribution in [0.1, 0.15) is 30.6 Å². The molecular formula is C13H17FO4S. The first kappa shape index (κ1) is 16.1. The highest BCUT2D eigenvalue weighted by molar-refractivity contribution is 8.13. The van der Waals surface area contributed by atoms with Crippen LogP contribution in [0.2, 0.25) is 0 Å². The van der Waals surface area contributed by atoms with Gasteiger partial charge in [0.15, 0.2) is 5.12 Å². The molecule has 2 unspecified atom stereocenters. The second kappa shape index (κ2) is 7.59. The van der Waals surface area contributed by atoms with Gasteiger partial charge in [0.1, 0.15) is 11.9 Å². The molecule has 0 aromatic heterocycles. The molecule has 0 amide bonds. The van der Waals surface area contributed by atoms with Crippen molar-refractivity contribution in [1.29, 1.82) is 0 Å². The lowest BCUT2D eigenvalue weighted by molar-refractivity contribution is -0.109. The van der Waals surface area contributed by atoms with Crippen molar-refractivity contribution in [3.8, 4) is 0 Å². The third kappa shape index (κ3) is 4.91. The first-order chi connectivity index (χ1) is 8.95. The third-order valence-corrected chi connectivity index (χ3v) is 3.51. The molecule has 1 rings (SSSR count). The maximum Gasteiger partial charge on any atom is 0.185 e. The van der Waals surface area contributed by atoms with E-state index < -0.39 is 24.6 Å². The molecular weight excluding hydrogens is 271 g/mol. The highest BCUT2D eigenvalue weighted by atomic mass is 32.2. The number of carbonyl (C=O) groups is 1. The molecule has 0 aliphatic rings. The van der Waals surface area contributed by atoms with Gasteiger partial charge in [-0.3, -0.25) is 4.79 Å². The van der Waals surface area contributed by atoms with Crippen LogP contribution in [-0.4, -0.2) is 32.3 Å². The first-order valence-electron chi connectivity index (χ1n) is 5.84. The molecule has 6 heteroatoms. The van der Waals surface area contributed by atoms with Crippen LogP contribution in [0.15, 0.2) is 18.2 Å². The number of hydrogen-bond donors (Lipinski definition) is 3. The number of rotatable bonds is 6. The monoisotopic (exact) mass is 288 g/mol. The van der Waals surface area contributed by atoms with Crippen LogP contribution in [0.5, 0.6) is 0 Å². The van der Waals surface area contributed by atoms with Gasteiger partial charge < -0.3 is 15.3 Å². The van der Waals surface area contributed by atoms with Gasteiger partial charge in [-0.25, -0.2) is 4.39 Å². The zero-order valence-electron chi connectivity index (χ0n) is 10.5. The molecule has 3 N–H and O–H groups in total. The Labute approximate surface area is 115 Å². The van der Waals surface area contributed by atoms with E-state index in [1.54, 1.807) is 0 Å². The Morgan fingerprint density at radius 1 is 1.42 bits per heavy atom. The number of halogens is 1. The van der Waals surface area contributed by atoms with E-state index in [1.165, 1.54) is 19.1 Å². The van der Waals surface area contributed by atoms with E-state index in [2.05, 4.69) is 0 Å². The molecule has 0 fully saturated rings. The summed E-state index contributed by atoms with van der Waals surface area (Å²) in [6.45, 7) is 0.962. The van der Waals surface area contributed by atoms with E-state index in [-0.39, 0.29) is 17.1 Å². The molecule has 0 aliphatic heterocycles. The fourth-order valence-electron chi connectivity index (χ4n) is 1.60. The second-order valence-corrected chi connectivity index (χ2v) is 5.42. The van der Waals surface area contributed by atoms with Gasteiger partial charge in [0.2, 0.25) is 0 Å². The Morgan fingerprint density at radius 3 is 2.68 bits per heavy atom. The fraction of sp³-hybridized carbons (Fsp3) is 0.462. The average Bonchev–Trinajstić information content (AvgIpc) is 2.38. The van der Waals surface area contributed by atoms with E-state index in [1.807, 2.05) is 0 Å². The smallest absolute Gasteiger partial charge is 0.185 e. The van der Waals surface area contributed by atoms with Crippen LogP contribution in [0.25, 0.3) is 0 Å². The Hall–Kier alpha value is -0.950. The largest absolute Gasteiger partial charge is 0.392 e. The normalized spacial score (nSPS) is 14.2. The summed E-state index contributed by atoms with van der Waals surface area (Å²) in [5.41, 5.74) is 0.410. The summed E-state index contributed by atoms with van der Waals surface area (Å²) in [6.07, 6.45) is -1.96. The molecule has 0 spiro atoms. The maximum absolute atomic E-state index is 13.2. The van der Waals surface area contributed by atoms with Gasteiger partial charge in [0.25, 0.3) is 0 Å². The van der Waals surface area contributed by atoms with E-state index in [4.69, 9.17) is 5.11 Å². The number of aliphatic hydroxyl groups is 3. The SMILES string of the molecule is CC(=O)SCCC(O)C(O)c1ccc(F)c(CO)c1. The van der Waals surface area contributed by atoms with Crippen molar-refractivity contribution in [2.75, 3.05) is 5.75 Å². The van der Waals surface area contributed by atoms with Crippen molar-refractivity contribution in [3.05, 3.63) is 35.1 Å². The van der Waals surface area contributed by atoms with Gasteiger partial charge in [0.05, 0.1) is 12.7 Å². The van der Waals surface area contributed by atoms with Crippen molar-refractivity contribution < 1.29 is 24.5 Å². The van der Waals surface area contributed by atoms with Crippen LogP contribution in [0.3, 0.4) is 0 Å². The highest BCUT2D eigenvalue weighted by Crippen LogP contribution is 2.22. The summed E-state index contributed by atoms with van der Waals surface area (Å²) in [5, 5.41) is 28.6. The highest BCUT2D eigenvalue weighted by Gasteiger charge is 2.19. The predicted molar refractivity (Wildman–Crippen MR) is 71.0 cm³/mol. The minimum atomic E-state index is -1.17. The van der Waals surface area contributed by atoms with Crippen molar-refractivity contribution in [2.45, 2.75) is 32.2 Å². The van der Waals surface area contributed by atoms with Gasteiger partial charge in [-0.2, -0.15) is 0 Å². The summed E-state index contributed by atoms with van der Waals surface area (Å²) in [7, 11) is 0. The fourth-order valence-corrected chi connectivity index (χ4v) is 2.25. The summed E-state index contributed by atoms with van der Waals surface area (Å²) < 4.78 is 13.2. The van der Waals surface area contributed by atoms with Crippen LogP contribution in [0.4, 0.5) is 4.39 Å². The van der Waals surface area contributed by atoms with Gasteiger partial charge >= 0.3 is 0 Å². The van der Waals surface area contributed by atoms with E-state index in [9.17, 15) is 19.4 Å². The van der Waals surface area contributed by atoms with Gasteiger partial charge in [0, 0.05) is 18.2 Å². The van der Waals surface area contributed by atoms with E-state index in [0.29, 0.717) is 11.3 Å². The molecule has 0 saturated carbocycles. The number of thioether (sulfide) groups is 1. The minimum Gasteiger partial charge on any atom is -0.392 e. The lowest BCUT2D eigenvalue weighted by Crippen LogP contribution is -2.19. The van der Waals surface area contributed by atoms with E-state index in [0.717, 1.165) is 17.8 Å². The molecule has 19 heavy (non-hydrogen) atoms. The molecule has 0 saturated heterocycles. The summed E-state index contributed by atoms with van der Waals surface area (Å²) in [5.74, 6) is -0.151. The van der Waals surface area contributed by atoms with Crippen LogP contribution in [0, 0.1) is 5.82 Å². The standard InChI is InChI=1S/C13H17FO4S/c1-8(16)19-5-4-12(17)13(18)9-2-3-11(14)10(6-9)7-15/h2-3,6,12-13,15,17-18H,4-5,7H2,1H3. The lowest BCUT2D eigenvalue weighted by atomic mass is 10.0. The molecule has 1 aromatic carbocycles. The molecule has 2 atom stereocenters. The number of benzene rings is 1. The third-order valence-electron chi connectivity index (χ3n) is 2.67. The first-order valence-corrected chi connectivity index (χ1v) is 6.83. The van der Waals surface area contributed by atoms with Gasteiger partial charge in [-0.1, -0.05) is 17.8 Å². The van der Waals surface area contributed by atoms with Crippen molar-refractivity contribution in [3.63, 3.8) is 0 Å². The number of carbonyl (C=O) groups excluding carboxylic acids is 1. The van der Waals surface area contributed by atoms with Crippen molar-refractivity contribution in [1.82, 2.24) is 0 Å². The Balaban J connectivity index is 2.65. The predicted octanol–water partition coefficient (Wildman–Crippen LogP) is 1.38. The van der Waals surface area contributed by atoms with E-state index >= 15 is 0 Å². The molecule has 1 aromatic rings. The Bertz CT molecular complexity index is 439. The van der Waals surface area contributed by atoms with Crippen molar-refractivity contribution >= 4 is 16.9 Å². The van der Waals surface area contributed by atoms with Crippen LogP contribution in [-0.2, 0) is 11.4 Å². The lowest BCUT2D eigenvalue weighted by Gasteiger charge is -2.18. The van der Waals surface area contributed by atoms with Crippen LogP contribution >= 0.6 is 11.8 Å². The average molecular weight is 288 g/mol. The maximum atomic E-state index is 13.2. The van der Waals surface area contributed by atoms with Crippen molar-refractivity contribution in [2.24, 2.45) is 0 Å². The molecule has 0 bridgehead atoms. The quantitative estimate of drug-likeness (QED) is 0.737. The zero-order valence-corrected chi connectivity index (χ0v) is 11.4. The molecule has 0 heterocycles. The molecule has 0 radical (unpaired) electrons.